The highest BCUT2D eigenvalue weighted by Gasteiger charge is 2.24. The van der Waals surface area contributed by atoms with Gasteiger partial charge in [0, 0.05) is 25.2 Å². The third-order valence-corrected chi connectivity index (χ3v) is 4.73. The second-order valence-electron chi connectivity index (χ2n) is 6.70. The topological polar surface area (TPSA) is 84.7 Å². The van der Waals surface area contributed by atoms with Crippen molar-refractivity contribution in [2.24, 2.45) is 5.73 Å². The van der Waals surface area contributed by atoms with Gasteiger partial charge in [0.1, 0.15) is 0 Å². The van der Waals surface area contributed by atoms with Gasteiger partial charge in [0.2, 0.25) is 0 Å². The van der Waals surface area contributed by atoms with E-state index in [1.807, 2.05) is 35.2 Å². The first-order valence-corrected chi connectivity index (χ1v) is 9.19. The van der Waals surface area contributed by atoms with Gasteiger partial charge < -0.3 is 20.7 Å². The van der Waals surface area contributed by atoms with Crippen molar-refractivity contribution in [1.29, 1.82) is 0 Å². The highest BCUT2D eigenvalue weighted by atomic mass is 16.5. The number of piperidine rings is 1. The molecule has 1 saturated heterocycles. The van der Waals surface area contributed by atoms with Gasteiger partial charge in [0.15, 0.2) is 0 Å². The molecule has 0 saturated carbocycles. The van der Waals surface area contributed by atoms with E-state index in [1.54, 1.807) is 12.1 Å². The van der Waals surface area contributed by atoms with Gasteiger partial charge in [-0.1, -0.05) is 42.5 Å². The first kappa shape index (κ1) is 18.9. The molecule has 3 amide bonds. The number of nitrogens with zero attached hydrogens (tertiary/aromatic N) is 1. The normalized spacial score (nSPS) is 14.7. The Kier molecular flexibility index (Phi) is 6.44. The lowest BCUT2D eigenvalue weighted by atomic mass is 10.1. The van der Waals surface area contributed by atoms with Crippen molar-refractivity contribution in [3.8, 4) is 0 Å². The second-order valence-corrected chi connectivity index (χ2v) is 6.70. The van der Waals surface area contributed by atoms with Crippen molar-refractivity contribution in [3.63, 3.8) is 0 Å². The zero-order chi connectivity index (χ0) is 19.1. The lowest BCUT2D eigenvalue weighted by molar-refractivity contribution is -0.000380. The summed E-state index contributed by atoms with van der Waals surface area (Å²) < 4.78 is 5.98. The molecule has 6 heteroatoms. The Hall–Kier alpha value is -2.86. The number of carbonyl (C=O) groups is 2. The summed E-state index contributed by atoms with van der Waals surface area (Å²) in [4.78, 5) is 25.3. The van der Waals surface area contributed by atoms with Gasteiger partial charge in [-0.05, 0) is 36.1 Å². The Morgan fingerprint density at radius 3 is 2.30 bits per heavy atom. The summed E-state index contributed by atoms with van der Waals surface area (Å²) in [6, 6.07) is 16.8. The summed E-state index contributed by atoms with van der Waals surface area (Å²) in [6.07, 6.45) is 1.88. The van der Waals surface area contributed by atoms with Crippen LogP contribution in [0.2, 0.25) is 0 Å². The van der Waals surface area contributed by atoms with Gasteiger partial charge in [-0.15, -0.1) is 0 Å². The first-order chi connectivity index (χ1) is 13.1. The average molecular weight is 367 g/mol. The Balaban J connectivity index is 1.46. The van der Waals surface area contributed by atoms with Crippen molar-refractivity contribution < 1.29 is 14.3 Å². The number of ether oxygens (including phenoxy) is 1. The molecule has 2 aromatic rings. The molecular weight excluding hydrogens is 342 g/mol. The summed E-state index contributed by atoms with van der Waals surface area (Å²) in [5, 5.41) is 2.53. The number of amides is 3. The minimum absolute atomic E-state index is 0.0333. The smallest absolute Gasteiger partial charge is 0.312 e. The molecule has 1 aliphatic heterocycles. The van der Waals surface area contributed by atoms with Crippen LogP contribution in [0.3, 0.4) is 0 Å². The highest BCUT2D eigenvalue weighted by molar-refractivity contribution is 5.94. The average Bonchev–Trinajstić information content (AvgIpc) is 2.72. The number of nitrogens with one attached hydrogen (secondary N) is 1. The van der Waals surface area contributed by atoms with Crippen molar-refractivity contribution in [2.45, 2.75) is 32.1 Å². The van der Waals surface area contributed by atoms with Crippen LogP contribution in [0.4, 0.5) is 4.79 Å². The molecule has 0 radical (unpaired) electrons. The van der Waals surface area contributed by atoms with Crippen LogP contribution in [0.15, 0.2) is 54.6 Å². The van der Waals surface area contributed by atoms with Crippen LogP contribution in [0.5, 0.6) is 0 Å². The number of nitrogens with two attached hydrogens (primary N) is 1. The summed E-state index contributed by atoms with van der Waals surface area (Å²) >= 11 is 0. The van der Waals surface area contributed by atoms with Crippen molar-refractivity contribution in [2.75, 3.05) is 13.1 Å². The molecule has 0 aromatic heterocycles. The third kappa shape index (κ3) is 5.56. The minimum atomic E-state index is -0.562. The monoisotopic (exact) mass is 367 g/mol. The molecule has 1 fully saturated rings. The maximum absolute atomic E-state index is 12.7. The van der Waals surface area contributed by atoms with E-state index in [0.717, 1.165) is 18.4 Å². The number of hydrogen-bond donors (Lipinski definition) is 2. The van der Waals surface area contributed by atoms with Gasteiger partial charge >= 0.3 is 6.03 Å². The van der Waals surface area contributed by atoms with E-state index in [1.165, 1.54) is 5.56 Å². The first-order valence-electron chi connectivity index (χ1n) is 9.19. The van der Waals surface area contributed by atoms with Crippen LogP contribution in [0.25, 0.3) is 0 Å². The molecular formula is C21H25N3O3. The minimum Gasteiger partial charge on any atom is -0.373 e. The van der Waals surface area contributed by atoms with Crippen molar-refractivity contribution in [1.82, 2.24) is 10.2 Å². The standard InChI is InChI=1S/C21H25N3O3/c22-21(26)23-14-16-6-8-18(9-7-16)20(25)24-12-10-19(11-13-24)27-15-17-4-2-1-3-5-17/h1-9,19H,10-15H2,(H3,22,23,26). The quantitative estimate of drug-likeness (QED) is 0.823. The second kappa shape index (κ2) is 9.19. The maximum atomic E-state index is 12.7. The molecule has 3 rings (SSSR count). The number of hydrogen-bond acceptors (Lipinski definition) is 3. The molecule has 142 valence electrons. The number of primary amides is 1. The van der Waals surface area contributed by atoms with Crippen LogP contribution >= 0.6 is 0 Å². The highest BCUT2D eigenvalue weighted by Crippen LogP contribution is 2.18. The predicted octanol–water partition coefficient (Wildman–Crippen LogP) is 2.68. The number of carbonyl (C=O) groups excluding carboxylic acids is 2. The molecule has 0 spiro atoms. The summed E-state index contributed by atoms with van der Waals surface area (Å²) in [7, 11) is 0. The van der Waals surface area contributed by atoms with Crippen LogP contribution < -0.4 is 11.1 Å². The lowest BCUT2D eigenvalue weighted by Crippen LogP contribution is -2.40. The number of urea groups is 1. The fourth-order valence-corrected chi connectivity index (χ4v) is 3.15. The SMILES string of the molecule is NC(=O)NCc1ccc(C(=O)N2CCC(OCc3ccccc3)CC2)cc1. The van der Waals surface area contributed by atoms with Crippen molar-refractivity contribution in [3.05, 3.63) is 71.3 Å². The molecule has 27 heavy (non-hydrogen) atoms. The maximum Gasteiger partial charge on any atom is 0.312 e. The molecule has 0 atom stereocenters. The summed E-state index contributed by atoms with van der Waals surface area (Å²) in [5.41, 5.74) is 7.78. The van der Waals surface area contributed by atoms with Crippen molar-refractivity contribution >= 4 is 11.9 Å². The number of benzene rings is 2. The molecule has 0 unspecified atom stereocenters. The number of likely N-dealkylation sites (tertiary alicyclic amines) is 1. The van der Waals surface area contributed by atoms with E-state index < -0.39 is 6.03 Å². The summed E-state index contributed by atoms with van der Waals surface area (Å²) in [6.45, 7) is 2.36. The van der Waals surface area contributed by atoms with E-state index in [9.17, 15) is 9.59 Å². The van der Waals surface area contributed by atoms with E-state index in [4.69, 9.17) is 10.5 Å². The number of rotatable bonds is 6. The van der Waals surface area contributed by atoms with E-state index in [2.05, 4.69) is 17.4 Å². The predicted molar refractivity (Wildman–Crippen MR) is 103 cm³/mol. The van der Waals surface area contributed by atoms with E-state index in [-0.39, 0.29) is 12.0 Å². The Morgan fingerprint density at radius 1 is 1.00 bits per heavy atom. The third-order valence-electron chi connectivity index (χ3n) is 4.73. The Labute approximate surface area is 159 Å². The van der Waals surface area contributed by atoms with Gasteiger partial charge in [0.05, 0.1) is 12.7 Å². The van der Waals surface area contributed by atoms with Gasteiger partial charge in [-0.2, -0.15) is 0 Å². The lowest BCUT2D eigenvalue weighted by Gasteiger charge is -2.32. The van der Waals surface area contributed by atoms with Crippen LogP contribution in [-0.4, -0.2) is 36.0 Å². The Morgan fingerprint density at radius 2 is 1.67 bits per heavy atom. The van der Waals surface area contributed by atoms with Gasteiger partial charge in [-0.25, -0.2) is 4.79 Å². The fourth-order valence-electron chi connectivity index (χ4n) is 3.15. The zero-order valence-corrected chi connectivity index (χ0v) is 15.3. The molecule has 1 heterocycles. The molecule has 2 aromatic carbocycles. The van der Waals surface area contributed by atoms with Crippen LogP contribution in [-0.2, 0) is 17.9 Å². The largest absolute Gasteiger partial charge is 0.373 e. The summed E-state index contributed by atoms with van der Waals surface area (Å²) in [5.74, 6) is 0.0333. The van der Waals surface area contributed by atoms with Gasteiger partial charge in [0.25, 0.3) is 5.91 Å². The molecule has 3 N–H and O–H groups in total. The molecule has 0 aliphatic carbocycles. The van der Waals surface area contributed by atoms with Crippen LogP contribution in [0, 0.1) is 0 Å². The molecule has 0 bridgehead atoms. The zero-order valence-electron chi connectivity index (χ0n) is 15.3. The molecule has 1 aliphatic rings. The molecule has 6 nitrogen and oxygen atoms in total. The van der Waals surface area contributed by atoms with E-state index >= 15 is 0 Å². The van der Waals surface area contributed by atoms with Crippen LogP contribution in [0.1, 0.15) is 34.3 Å². The Bertz CT molecular complexity index is 754. The fraction of sp³-hybridized carbons (Fsp3) is 0.333. The van der Waals surface area contributed by atoms with E-state index in [0.29, 0.717) is 31.8 Å². The van der Waals surface area contributed by atoms with Gasteiger partial charge in [-0.3, -0.25) is 4.79 Å².